The van der Waals surface area contributed by atoms with Gasteiger partial charge < -0.3 is 15.0 Å². The highest BCUT2D eigenvalue weighted by atomic mass is 32.2. The van der Waals surface area contributed by atoms with Gasteiger partial charge in [0.15, 0.2) is 5.17 Å². The predicted octanol–water partition coefficient (Wildman–Crippen LogP) is 2.66. The third-order valence-corrected chi connectivity index (χ3v) is 6.19. The van der Waals surface area contributed by atoms with Gasteiger partial charge in [-0.25, -0.2) is 0 Å². The summed E-state index contributed by atoms with van der Waals surface area (Å²) in [4.78, 5) is 38.0. The third kappa shape index (κ3) is 3.76. The van der Waals surface area contributed by atoms with E-state index in [0.29, 0.717) is 25.1 Å². The van der Waals surface area contributed by atoms with Gasteiger partial charge in [-0.3, -0.25) is 14.4 Å². The van der Waals surface area contributed by atoms with Crippen LogP contribution in [0.3, 0.4) is 0 Å². The lowest BCUT2D eigenvalue weighted by molar-refractivity contribution is -0.139. The molecule has 1 unspecified atom stereocenters. The first-order chi connectivity index (χ1) is 14.9. The Morgan fingerprint density at radius 2 is 1.81 bits per heavy atom. The zero-order valence-corrected chi connectivity index (χ0v) is 18.0. The van der Waals surface area contributed by atoms with Crippen LogP contribution in [0.4, 0.5) is 5.69 Å². The molecule has 8 nitrogen and oxygen atoms in total. The van der Waals surface area contributed by atoms with E-state index in [1.807, 2.05) is 54.6 Å². The Hall–Kier alpha value is -3.33. The Labute approximate surface area is 184 Å². The number of hydrogen-bond donors (Lipinski definition) is 1. The molecule has 160 valence electrons. The Kier molecular flexibility index (Phi) is 5.69. The molecule has 0 saturated heterocycles. The normalized spacial score (nSPS) is 19.4. The molecule has 2 aromatic carbocycles. The molecule has 0 radical (unpaired) electrons. The van der Waals surface area contributed by atoms with E-state index in [4.69, 9.17) is 4.74 Å². The van der Waals surface area contributed by atoms with Crippen LogP contribution in [0, 0.1) is 0 Å². The van der Waals surface area contributed by atoms with Crippen molar-refractivity contribution < 1.29 is 19.1 Å². The van der Waals surface area contributed by atoms with Crippen molar-refractivity contribution in [2.45, 2.75) is 25.1 Å². The van der Waals surface area contributed by atoms with E-state index in [2.05, 4.69) is 10.4 Å². The maximum Gasteiger partial charge on any atom is 0.270 e. The molecule has 0 aliphatic carbocycles. The number of hydrazone groups is 1. The van der Waals surface area contributed by atoms with E-state index in [-0.39, 0.29) is 22.9 Å². The summed E-state index contributed by atoms with van der Waals surface area (Å²) in [6.07, 6.45) is 0.606. The predicted molar refractivity (Wildman–Crippen MR) is 118 cm³/mol. The van der Waals surface area contributed by atoms with E-state index >= 15 is 0 Å². The zero-order chi connectivity index (χ0) is 22.0. The number of amidine groups is 1. The number of fused-ring (bicyclic) bond motifs is 2. The summed E-state index contributed by atoms with van der Waals surface area (Å²) in [5, 5.41) is 8.24. The van der Waals surface area contributed by atoms with Gasteiger partial charge in [0.25, 0.3) is 5.91 Å². The molecule has 9 heteroatoms. The topological polar surface area (TPSA) is 91.3 Å². The molecule has 1 N–H and O–H groups in total. The minimum Gasteiger partial charge on any atom is -0.494 e. The van der Waals surface area contributed by atoms with Gasteiger partial charge >= 0.3 is 0 Å². The number of anilines is 1. The van der Waals surface area contributed by atoms with E-state index in [1.54, 1.807) is 4.90 Å². The van der Waals surface area contributed by atoms with Crippen LogP contribution in [0.5, 0.6) is 5.75 Å². The summed E-state index contributed by atoms with van der Waals surface area (Å²) in [7, 11) is 0. The minimum atomic E-state index is -1.36. The third-order valence-electron chi connectivity index (χ3n) is 4.95. The maximum atomic E-state index is 13.7. The van der Waals surface area contributed by atoms with Crippen LogP contribution >= 0.6 is 11.8 Å². The molecule has 2 aliphatic rings. The van der Waals surface area contributed by atoms with Gasteiger partial charge in [-0.2, -0.15) is 5.01 Å². The molecule has 0 saturated carbocycles. The summed E-state index contributed by atoms with van der Waals surface area (Å²) in [5.41, 5.74) is 1.40. The van der Waals surface area contributed by atoms with Gasteiger partial charge in [0.05, 0.1) is 12.3 Å². The van der Waals surface area contributed by atoms with Crippen LogP contribution in [0.25, 0.3) is 0 Å². The van der Waals surface area contributed by atoms with Gasteiger partial charge in [-0.05, 0) is 36.4 Å². The fourth-order valence-corrected chi connectivity index (χ4v) is 5.05. The molecule has 31 heavy (non-hydrogen) atoms. The summed E-state index contributed by atoms with van der Waals surface area (Å²) in [6.45, 7) is 3.58. The standard InChI is InChI=1S/C22H22N4O4S/c1-15(27)23-21-24-26(16(2)28)22(31-21)18-11-6-7-12-19(18)25(20(22)29)13-8-14-30-17-9-4-3-5-10-17/h3-7,9-12H,8,13-14H2,1-2H3,(H,23,24,27). The van der Waals surface area contributed by atoms with E-state index in [9.17, 15) is 14.4 Å². The molecule has 2 heterocycles. The lowest BCUT2D eigenvalue weighted by Gasteiger charge is -2.29. The van der Waals surface area contributed by atoms with E-state index in [0.717, 1.165) is 23.2 Å². The maximum absolute atomic E-state index is 13.7. The highest BCUT2D eigenvalue weighted by Crippen LogP contribution is 2.54. The molecule has 2 aromatic rings. The van der Waals surface area contributed by atoms with Gasteiger partial charge in [-0.1, -0.05) is 36.4 Å². The lowest BCUT2D eigenvalue weighted by Crippen LogP contribution is -2.48. The summed E-state index contributed by atoms with van der Waals surface area (Å²) < 4.78 is 5.75. The average molecular weight is 439 g/mol. The van der Waals surface area contributed by atoms with Crippen LogP contribution < -0.4 is 15.0 Å². The number of carbonyl (C=O) groups excluding carboxylic acids is 3. The van der Waals surface area contributed by atoms with Crippen LogP contribution in [0.2, 0.25) is 0 Å². The molecular weight excluding hydrogens is 416 g/mol. The number of benzene rings is 2. The van der Waals surface area contributed by atoms with Crippen molar-refractivity contribution in [1.82, 2.24) is 10.3 Å². The first-order valence-corrected chi connectivity index (χ1v) is 10.7. The number of amides is 3. The van der Waals surface area contributed by atoms with Crippen LogP contribution in [0.1, 0.15) is 25.8 Å². The van der Waals surface area contributed by atoms with Gasteiger partial charge in [0.2, 0.25) is 16.7 Å². The fourth-order valence-electron chi connectivity index (χ4n) is 3.72. The number of nitrogens with zero attached hydrogens (tertiary/aromatic N) is 3. The second kappa shape index (κ2) is 8.43. The summed E-state index contributed by atoms with van der Waals surface area (Å²) in [5.74, 6) is -0.196. The first kappa shape index (κ1) is 20.9. The number of rotatable bonds is 5. The van der Waals surface area contributed by atoms with Crippen molar-refractivity contribution in [3.05, 3.63) is 60.2 Å². The molecule has 0 fully saturated rings. The first-order valence-electron chi connectivity index (χ1n) is 9.89. The van der Waals surface area contributed by atoms with E-state index in [1.165, 1.54) is 18.9 Å². The van der Waals surface area contributed by atoms with Crippen molar-refractivity contribution >= 4 is 40.3 Å². The van der Waals surface area contributed by atoms with Crippen molar-refractivity contribution in [1.29, 1.82) is 0 Å². The SMILES string of the molecule is CC(=O)NC1=NN(C(C)=O)C2(S1)C(=O)N(CCCOc1ccccc1)c1ccccc12. The quantitative estimate of drug-likeness (QED) is 0.725. The monoisotopic (exact) mass is 438 g/mol. The fraction of sp³-hybridized carbons (Fsp3) is 0.273. The number of para-hydroxylation sites is 2. The highest BCUT2D eigenvalue weighted by molar-refractivity contribution is 8.15. The Bertz CT molecular complexity index is 1060. The van der Waals surface area contributed by atoms with Crippen molar-refractivity contribution in [3.8, 4) is 5.75 Å². The molecule has 0 bridgehead atoms. The largest absolute Gasteiger partial charge is 0.494 e. The summed E-state index contributed by atoms with van der Waals surface area (Å²) >= 11 is 1.08. The van der Waals surface area contributed by atoms with E-state index < -0.39 is 4.87 Å². The van der Waals surface area contributed by atoms with Crippen molar-refractivity contribution in [2.75, 3.05) is 18.1 Å². The molecular formula is C22H22N4O4S. The Balaban J connectivity index is 1.57. The highest BCUT2D eigenvalue weighted by Gasteiger charge is 2.60. The Morgan fingerprint density at radius 1 is 1.10 bits per heavy atom. The second-order valence-corrected chi connectivity index (χ2v) is 8.33. The van der Waals surface area contributed by atoms with Gasteiger partial charge in [0.1, 0.15) is 5.75 Å². The number of carbonyl (C=O) groups is 3. The average Bonchev–Trinajstić information content (AvgIpc) is 3.24. The van der Waals surface area contributed by atoms with Crippen molar-refractivity contribution in [3.63, 3.8) is 0 Å². The summed E-state index contributed by atoms with van der Waals surface area (Å²) in [6, 6.07) is 16.8. The number of thioether (sulfide) groups is 1. The molecule has 1 atom stereocenters. The molecule has 3 amide bonds. The number of hydrogen-bond acceptors (Lipinski definition) is 6. The molecule has 0 aromatic heterocycles. The second-order valence-electron chi connectivity index (χ2n) is 7.15. The smallest absolute Gasteiger partial charge is 0.270 e. The van der Waals surface area contributed by atoms with Crippen molar-refractivity contribution in [2.24, 2.45) is 5.10 Å². The molecule has 1 spiro atoms. The van der Waals surface area contributed by atoms with Gasteiger partial charge in [-0.15, -0.1) is 5.10 Å². The molecule has 4 rings (SSSR count). The van der Waals surface area contributed by atoms with Crippen LogP contribution in [-0.4, -0.2) is 41.0 Å². The van der Waals surface area contributed by atoms with Crippen LogP contribution in [-0.2, 0) is 19.3 Å². The van der Waals surface area contributed by atoms with Crippen LogP contribution in [0.15, 0.2) is 59.7 Å². The number of nitrogens with one attached hydrogen (secondary N) is 1. The lowest BCUT2D eigenvalue weighted by atomic mass is 10.1. The molecule has 2 aliphatic heterocycles. The van der Waals surface area contributed by atoms with Gasteiger partial charge in [0, 0.05) is 26.0 Å². The Morgan fingerprint density at radius 3 is 2.52 bits per heavy atom. The number of ether oxygens (including phenoxy) is 1. The minimum absolute atomic E-state index is 0.222. The zero-order valence-electron chi connectivity index (χ0n) is 17.2.